The molecule has 1 aromatic heterocycles. The maximum Gasteiger partial charge on any atom is 0.272 e. The first kappa shape index (κ1) is 16.1. The Morgan fingerprint density at radius 1 is 1.38 bits per heavy atom. The molecule has 24 heavy (non-hydrogen) atoms. The number of hydrogen-bond donors (Lipinski definition) is 2. The van der Waals surface area contributed by atoms with Crippen molar-refractivity contribution in [3.63, 3.8) is 0 Å². The lowest BCUT2D eigenvalue weighted by Crippen LogP contribution is -2.49. The van der Waals surface area contributed by atoms with Crippen molar-refractivity contribution in [3.8, 4) is 5.69 Å². The monoisotopic (exact) mass is 330 g/mol. The predicted molar refractivity (Wildman–Crippen MR) is 86.0 cm³/mol. The topological polar surface area (TPSA) is 110 Å². The van der Waals surface area contributed by atoms with Crippen LogP contribution >= 0.6 is 0 Å². The first-order valence-corrected chi connectivity index (χ1v) is 7.77. The molecule has 1 aliphatic carbocycles. The minimum atomic E-state index is -0.563. The van der Waals surface area contributed by atoms with Gasteiger partial charge in [-0.3, -0.25) is 14.9 Å². The molecule has 1 heterocycles. The Kier molecular flexibility index (Phi) is 4.30. The van der Waals surface area contributed by atoms with Crippen molar-refractivity contribution in [2.24, 2.45) is 0 Å². The number of nitro benzene ring substituents is 1. The third-order valence-corrected chi connectivity index (χ3v) is 4.37. The molecule has 1 saturated carbocycles. The van der Waals surface area contributed by atoms with Crippen LogP contribution in [0.4, 0.5) is 5.69 Å². The number of nitrogens with one attached hydrogen (secondary N) is 1. The van der Waals surface area contributed by atoms with Gasteiger partial charge in [0, 0.05) is 18.3 Å². The molecule has 0 radical (unpaired) electrons. The largest absolute Gasteiger partial charge is 0.394 e. The summed E-state index contributed by atoms with van der Waals surface area (Å²) in [6.45, 7) is -0.0929. The van der Waals surface area contributed by atoms with Crippen LogP contribution in [0, 0.1) is 10.1 Å². The molecule has 1 aromatic carbocycles. The number of rotatable bonds is 5. The van der Waals surface area contributed by atoms with Crippen LogP contribution in [0.25, 0.3) is 5.69 Å². The van der Waals surface area contributed by atoms with Crippen molar-refractivity contribution in [1.29, 1.82) is 0 Å². The van der Waals surface area contributed by atoms with Gasteiger partial charge in [-0.15, -0.1) is 0 Å². The summed E-state index contributed by atoms with van der Waals surface area (Å²) in [5, 5.41) is 27.5. The highest BCUT2D eigenvalue weighted by Crippen LogP contribution is 2.29. The van der Waals surface area contributed by atoms with E-state index in [4.69, 9.17) is 0 Å². The molecular weight excluding hydrogens is 312 g/mol. The maximum atomic E-state index is 12.4. The molecule has 0 saturated heterocycles. The highest BCUT2D eigenvalue weighted by atomic mass is 16.6. The number of benzene rings is 1. The number of aromatic nitrogens is 2. The minimum Gasteiger partial charge on any atom is -0.394 e. The first-order valence-electron chi connectivity index (χ1n) is 7.77. The lowest BCUT2D eigenvalue weighted by molar-refractivity contribution is -0.384. The van der Waals surface area contributed by atoms with Gasteiger partial charge < -0.3 is 10.4 Å². The highest BCUT2D eigenvalue weighted by Gasteiger charge is 2.35. The Hall–Kier alpha value is -2.74. The highest BCUT2D eigenvalue weighted by molar-refractivity contribution is 5.92. The fourth-order valence-corrected chi connectivity index (χ4v) is 3.02. The van der Waals surface area contributed by atoms with Crippen LogP contribution in [0.2, 0.25) is 0 Å². The summed E-state index contributed by atoms with van der Waals surface area (Å²) in [6, 6.07) is 7.57. The van der Waals surface area contributed by atoms with Crippen LogP contribution in [0.5, 0.6) is 0 Å². The van der Waals surface area contributed by atoms with Gasteiger partial charge in [0.2, 0.25) is 0 Å². The number of amides is 1. The number of nitro groups is 1. The normalized spacial score (nSPS) is 16.0. The minimum absolute atomic E-state index is 0.0424. The number of carbonyl (C=O) groups excluding carboxylic acids is 1. The van der Waals surface area contributed by atoms with E-state index in [1.807, 2.05) is 0 Å². The second kappa shape index (κ2) is 6.40. The zero-order valence-corrected chi connectivity index (χ0v) is 13.0. The number of non-ortho nitro benzene ring substituents is 1. The van der Waals surface area contributed by atoms with E-state index in [2.05, 4.69) is 10.4 Å². The Balaban J connectivity index is 1.79. The molecule has 8 heteroatoms. The van der Waals surface area contributed by atoms with Crippen LogP contribution in [0.3, 0.4) is 0 Å². The summed E-state index contributed by atoms with van der Waals surface area (Å²) in [4.78, 5) is 22.7. The molecule has 0 atom stereocenters. The molecule has 3 rings (SSSR count). The summed E-state index contributed by atoms with van der Waals surface area (Å²) >= 11 is 0. The standard InChI is InChI=1S/C16H18N4O4/c21-11-16(7-1-2-8-16)17-15(22)14-6-9-19(18-14)12-4-3-5-13(10-12)20(23)24/h3-6,9-10,21H,1-2,7-8,11H2,(H,17,22). The summed E-state index contributed by atoms with van der Waals surface area (Å²) < 4.78 is 1.42. The van der Waals surface area contributed by atoms with E-state index in [0.717, 1.165) is 25.7 Å². The van der Waals surface area contributed by atoms with E-state index in [1.54, 1.807) is 24.4 Å². The first-order chi connectivity index (χ1) is 11.5. The van der Waals surface area contributed by atoms with Crippen molar-refractivity contribution in [1.82, 2.24) is 15.1 Å². The molecule has 2 N–H and O–H groups in total. The Morgan fingerprint density at radius 2 is 2.12 bits per heavy atom. The molecule has 1 fully saturated rings. The third-order valence-electron chi connectivity index (χ3n) is 4.37. The van der Waals surface area contributed by atoms with Crippen molar-refractivity contribution in [2.75, 3.05) is 6.61 Å². The van der Waals surface area contributed by atoms with Gasteiger partial charge in [0.15, 0.2) is 5.69 Å². The second-order valence-electron chi connectivity index (χ2n) is 6.02. The van der Waals surface area contributed by atoms with Gasteiger partial charge >= 0.3 is 0 Å². The number of carbonyl (C=O) groups is 1. The molecule has 126 valence electrons. The Bertz CT molecular complexity index is 765. The zero-order valence-electron chi connectivity index (χ0n) is 13.0. The summed E-state index contributed by atoms with van der Waals surface area (Å²) in [5.74, 6) is -0.352. The van der Waals surface area contributed by atoms with E-state index in [0.29, 0.717) is 5.69 Å². The molecule has 2 aromatic rings. The van der Waals surface area contributed by atoms with E-state index in [-0.39, 0.29) is 23.9 Å². The van der Waals surface area contributed by atoms with Gasteiger partial charge in [-0.2, -0.15) is 5.10 Å². The molecule has 0 spiro atoms. The van der Waals surface area contributed by atoms with E-state index in [1.165, 1.54) is 16.8 Å². The predicted octanol–water partition coefficient (Wildman–Crippen LogP) is 1.82. The average molecular weight is 330 g/mol. The quantitative estimate of drug-likeness (QED) is 0.642. The summed E-state index contributed by atoms with van der Waals surface area (Å²) in [6.07, 6.45) is 5.03. The van der Waals surface area contributed by atoms with Gasteiger partial charge in [-0.05, 0) is 25.0 Å². The van der Waals surface area contributed by atoms with Gasteiger partial charge in [-0.1, -0.05) is 18.9 Å². The van der Waals surface area contributed by atoms with Gasteiger partial charge in [0.25, 0.3) is 11.6 Å². The smallest absolute Gasteiger partial charge is 0.272 e. The molecule has 0 aliphatic heterocycles. The maximum absolute atomic E-state index is 12.4. The number of aliphatic hydroxyl groups is 1. The number of nitrogens with zero attached hydrogens (tertiary/aromatic N) is 3. The van der Waals surface area contributed by atoms with Crippen LogP contribution in [0.1, 0.15) is 36.2 Å². The number of hydrogen-bond acceptors (Lipinski definition) is 5. The molecule has 1 amide bonds. The number of aliphatic hydroxyl groups excluding tert-OH is 1. The van der Waals surface area contributed by atoms with Gasteiger partial charge in [0.1, 0.15) is 0 Å². The van der Waals surface area contributed by atoms with Crippen molar-refractivity contribution in [3.05, 3.63) is 52.3 Å². The van der Waals surface area contributed by atoms with Crippen molar-refractivity contribution in [2.45, 2.75) is 31.2 Å². The van der Waals surface area contributed by atoms with Gasteiger partial charge in [-0.25, -0.2) is 4.68 Å². The van der Waals surface area contributed by atoms with Crippen LogP contribution in [-0.4, -0.2) is 37.9 Å². The van der Waals surface area contributed by atoms with E-state index in [9.17, 15) is 20.0 Å². The van der Waals surface area contributed by atoms with Gasteiger partial charge in [0.05, 0.1) is 22.8 Å². The fourth-order valence-electron chi connectivity index (χ4n) is 3.02. The second-order valence-corrected chi connectivity index (χ2v) is 6.02. The Morgan fingerprint density at radius 3 is 2.79 bits per heavy atom. The lowest BCUT2D eigenvalue weighted by atomic mass is 9.99. The van der Waals surface area contributed by atoms with E-state index < -0.39 is 10.5 Å². The van der Waals surface area contributed by atoms with E-state index >= 15 is 0 Å². The Labute approximate surface area is 138 Å². The zero-order chi connectivity index (χ0) is 17.2. The third kappa shape index (κ3) is 3.13. The van der Waals surface area contributed by atoms with Crippen molar-refractivity contribution < 1.29 is 14.8 Å². The van der Waals surface area contributed by atoms with Crippen LogP contribution < -0.4 is 5.32 Å². The van der Waals surface area contributed by atoms with Crippen LogP contribution in [-0.2, 0) is 0 Å². The summed E-state index contributed by atoms with van der Waals surface area (Å²) in [5.41, 5.74) is 0.105. The van der Waals surface area contributed by atoms with Crippen molar-refractivity contribution >= 4 is 11.6 Å². The average Bonchev–Trinajstić information content (AvgIpc) is 3.25. The molecular formula is C16H18N4O4. The fraction of sp³-hybridized carbons (Fsp3) is 0.375. The SMILES string of the molecule is O=C(NC1(CO)CCCC1)c1ccn(-c2cccc([N+](=O)[O-])c2)n1. The summed E-state index contributed by atoms with van der Waals surface area (Å²) in [7, 11) is 0. The van der Waals surface area contributed by atoms with Crippen LogP contribution in [0.15, 0.2) is 36.5 Å². The molecule has 0 bridgehead atoms. The lowest BCUT2D eigenvalue weighted by Gasteiger charge is -2.27. The molecule has 1 aliphatic rings. The molecule has 0 unspecified atom stereocenters. The molecule has 8 nitrogen and oxygen atoms in total.